The second-order valence-electron chi connectivity index (χ2n) is 8.89. The Morgan fingerprint density at radius 3 is 2.66 bits per heavy atom. The Bertz CT molecular complexity index is 1350. The van der Waals surface area contributed by atoms with E-state index in [1.54, 1.807) is 19.4 Å². The third kappa shape index (κ3) is 4.25. The van der Waals surface area contributed by atoms with E-state index in [2.05, 4.69) is 15.6 Å². The third-order valence-electron chi connectivity index (χ3n) is 6.60. The van der Waals surface area contributed by atoms with E-state index in [9.17, 15) is 9.59 Å². The minimum Gasteiger partial charge on any atom is -0.496 e. The number of furan rings is 1. The highest BCUT2D eigenvalue weighted by atomic mass is 16.5. The van der Waals surface area contributed by atoms with Crippen molar-refractivity contribution in [2.45, 2.75) is 38.5 Å². The van der Waals surface area contributed by atoms with Crippen molar-refractivity contribution in [3.63, 3.8) is 0 Å². The van der Waals surface area contributed by atoms with Crippen LogP contribution in [0.2, 0.25) is 0 Å². The highest BCUT2D eigenvalue weighted by Crippen LogP contribution is 2.47. The topological polar surface area (TPSA) is 93.5 Å². The molecule has 178 valence electrons. The second-order valence-corrected chi connectivity index (χ2v) is 8.89. The number of anilines is 1. The number of para-hydroxylation sites is 1. The standard InChI is InChI=1S/C28H27N3O4/c1-16-8-6-12-24(29-16)31-28(33)25-17(2)30-20-14-18(22-11-7-13-35-22)15-21(32)27(20)26(25)19-9-4-5-10-23(19)34-3/h4-13,18,26,30H,14-15H2,1-3H3,(H,29,31,33)/t18-,26+/m1/s1. The van der Waals surface area contributed by atoms with Crippen LogP contribution in [0.3, 0.4) is 0 Å². The predicted molar refractivity (Wildman–Crippen MR) is 132 cm³/mol. The number of carbonyl (C=O) groups excluding carboxylic acids is 2. The molecule has 1 aromatic carbocycles. The number of carbonyl (C=O) groups is 2. The third-order valence-corrected chi connectivity index (χ3v) is 6.60. The molecule has 0 fully saturated rings. The van der Waals surface area contributed by atoms with Crippen molar-refractivity contribution in [3.05, 3.63) is 100 Å². The number of hydrogen-bond donors (Lipinski definition) is 2. The van der Waals surface area contributed by atoms with Gasteiger partial charge in [-0.05, 0) is 50.6 Å². The van der Waals surface area contributed by atoms with Crippen LogP contribution >= 0.6 is 0 Å². The molecule has 2 N–H and O–H groups in total. The zero-order valence-corrected chi connectivity index (χ0v) is 19.9. The summed E-state index contributed by atoms with van der Waals surface area (Å²) in [5.74, 6) is 0.926. The van der Waals surface area contributed by atoms with E-state index < -0.39 is 5.92 Å². The first-order valence-corrected chi connectivity index (χ1v) is 11.6. The lowest BCUT2D eigenvalue weighted by Gasteiger charge is -2.36. The van der Waals surface area contributed by atoms with Crippen molar-refractivity contribution in [3.8, 4) is 5.75 Å². The fourth-order valence-corrected chi connectivity index (χ4v) is 5.08. The van der Waals surface area contributed by atoms with Crippen molar-refractivity contribution in [2.24, 2.45) is 0 Å². The van der Waals surface area contributed by atoms with Crippen molar-refractivity contribution >= 4 is 17.5 Å². The largest absolute Gasteiger partial charge is 0.496 e. The van der Waals surface area contributed by atoms with Gasteiger partial charge in [-0.15, -0.1) is 0 Å². The molecule has 3 aromatic rings. The number of methoxy groups -OCH3 is 1. The average Bonchev–Trinajstić information content (AvgIpc) is 3.38. The van der Waals surface area contributed by atoms with Crippen molar-refractivity contribution in [1.29, 1.82) is 0 Å². The second kappa shape index (κ2) is 9.25. The van der Waals surface area contributed by atoms with Gasteiger partial charge in [0.25, 0.3) is 5.91 Å². The van der Waals surface area contributed by atoms with E-state index in [4.69, 9.17) is 9.15 Å². The van der Waals surface area contributed by atoms with E-state index >= 15 is 0 Å². The summed E-state index contributed by atoms with van der Waals surface area (Å²) in [6.45, 7) is 3.74. The highest BCUT2D eigenvalue weighted by Gasteiger charge is 2.42. The van der Waals surface area contributed by atoms with Crippen LogP contribution in [0.1, 0.15) is 48.6 Å². The summed E-state index contributed by atoms with van der Waals surface area (Å²) >= 11 is 0. The van der Waals surface area contributed by atoms with Crippen molar-refractivity contribution in [2.75, 3.05) is 12.4 Å². The Labute approximate surface area is 203 Å². The Balaban J connectivity index is 1.60. The number of rotatable bonds is 5. The Hall–Kier alpha value is -4.13. The van der Waals surface area contributed by atoms with Gasteiger partial charge in [0.05, 0.1) is 19.3 Å². The number of amides is 1. The van der Waals surface area contributed by atoms with Gasteiger partial charge in [-0.25, -0.2) is 4.98 Å². The number of Topliss-reactive ketones (excluding diaryl/α,β-unsaturated/α-hetero) is 1. The maximum absolute atomic E-state index is 13.7. The van der Waals surface area contributed by atoms with Crippen LogP contribution in [0.5, 0.6) is 5.75 Å². The minimum atomic E-state index is -0.572. The number of hydrogen-bond acceptors (Lipinski definition) is 6. The van der Waals surface area contributed by atoms with Crippen LogP contribution in [-0.4, -0.2) is 23.8 Å². The molecule has 2 atom stereocenters. The van der Waals surface area contributed by atoms with Crippen LogP contribution in [0.4, 0.5) is 5.82 Å². The van der Waals surface area contributed by atoms with Gasteiger partial charge in [0.1, 0.15) is 17.3 Å². The van der Waals surface area contributed by atoms with Gasteiger partial charge in [-0.3, -0.25) is 9.59 Å². The number of dihydropyridines is 1. The number of aryl methyl sites for hydroxylation is 1. The van der Waals surface area contributed by atoms with E-state index in [1.807, 2.05) is 62.4 Å². The van der Waals surface area contributed by atoms with E-state index in [0.717, 1.165) is 22.7 Å². The number of ether oxygens (including phenoxy) is 1. The van der Waals surface area contributed by atoms with Gasteiger partial charge in [0, 0.05) is 46.1 Å². The normalized spacial score (nSPS) is 19.8. The Morgan fingerprint density at radius 2 is 1.91 bits per heavy atom. The van der Waals surface area contributed by atoms with Gasteiger partial charge in [-0.2, -0.15) is 0 Å². The van der Waals surface area contributed by atoms with E-state index in [0.29, 0.717) is 41.3 Å². The molecule has 35 heavy (non-hydrogen) atoms. The number of nitrogens with zero attached hydrogens (tertiary/aromatic N) is 1. The molecule has 5 rings (SSSR count). The first-order valence-electron chi connectivity index (χ1n) is 11.6. The van der Waals surface area contributed by atoms with Crippen molar-refractivity contribution in [1.82, 2.24) is 10.3 Å². The summed E-state index contributed by atoms with van der Waals surface area (Å²) in [5.41, 5.74) is 4.16. The fourth-order valence-electron chi connectivity index (χ4n) is 5.08. The number of allylic oxidation sites excluding steroid dienone is 3. The molecular formula is C28H27N3O4. The zero-order valence-electron chi connectivity index (χ0n) is 19.9. The Morgan fingerprint density at radius 1 is 1.09 bits per heavy atom. The molecule has 1 amide bonds. The van der Waals surface area contributed by atoms with Gasteiger partial charge < -0.3 is 19.8 Å². The first-order chi connectivity index (χ1) is 17.0. The van der Waals surface area contributed by atoms with Crippen LogP contribution in [0.25, 0.3) is 0 Å². The smallest absolute Gasteiger partial charge is 0.255 e. The summed E-state index contributed by atoms with van der Waals surface area (Å²) < 4.78 is 11.3. The molecule has 7 heteroatoms. The molecule has 3 heterocycles. The summed E-state index contributed by atoms with van der Waals surface area (Å²) in [6, 6.07) is 16.7. The summed E-state index contributed by atoms with van der Waals surface area (Å²) in [7, 11) is 1.60. The minimum absolute atomic E-state index is 0.0115. The average molecular weight is 470 g/mol. The van der Waals surface area contributed by atoms with E-state index in [-0.39, 0.29) is 17.6 Å². The molecule has 0 saturated heterocycles. The maximum Gasteiger partial charge on any atom is 0.255 e. The molecule has 1 aliphatic heterocycles. The molecule has 0 bridgehead atoms. The van der Waals surface area contributed by atoms with Gasteiger partial charge >= 0.3 is 0 Å². The number of ketones is 1. The van der Waals surface area contributed by atoms with Crippen LogP contribution in [-0.2, 0) is 9.59 Å². The van der Waals surface area contributed by atoms with Crippen LogP contribution < -0.4 is 15.4 Å². The van der Waals surface area contributed by atoms with Gasteiger partial charge in [0.2, 0.25) is 0 Å². The Kier molecular flexibility index (Phi) is 5.99. The predicted octanol–water partition coefficient (Wildman–Crippen LogP) is 4.99. The van der Waals surface area contributed by atoms with Crippen LogP contribution in [0, 0.1) is 6.92 Å². The molecule has 0 spiro atoms. The molecule has 0 radical (unpaired) electrons. The zero-order chi connectivity index (χ0) is 24.5. The SMILES string of the molecule is COc1ccccc1[C@H]1C(C(=O)Nc2cccc(C)n2)=C(C)NC2=C1C(=O)C[C@H](c1ccco1)C2. The molecule has 7 nitrogen and oxygen atoms in total. The first kappa shape index (κ1) is 22.7. The van der Waals surface area contributed by atoms with Gasteiger partial charge in [0.15, 0.2) is 5.78 Å². The highest BCUT2D eigenvalue weighted by molar-refractivity contribution is 6.09. The molecule has 0 saturated carbocycles. The molecule has 1 aliphatic carbocycles. The van der Waals surface area contributed by atoms with E-state index in [1.165, 1.54) is 0 Å². The molecular weight excluding hydrogens is 442 g/mol. The van der Waals surface area contributed by atoms with Crippen LogP contribution in [0.15, 0.2) is 87.8 Å². The van der Waals surface area contributed by atoms with Crippen molar-refractivity contribution < 1.29 is 18.7 Å². The number of pyridine rings is 1. The maximum atomic E-state index is 13.7. The summed E-state index contributed by atoms with van der Waals surface area (Å²) in [5, 5.41) is 6.30. The molecule has 2 aliphatic rings. The lowest BCUT2D eigenvalue weighted by molar-refractivity contribution is -0.116. The lowest BCUT2D eigenvalue weighted by atomic mass is 9.72. The quantitative estimate of drug-likeness (QED) is 0.547. The number of nitrogens with one attached hydrogen (secondary N) is 2. The summed E-state index contributed by atoms with van der Waals surface area (Å²) in [4.78, 5) is 31.7. The molecule has 0 unspecified atom stereocenters. The number of aromatic nitrogens is 1. The summed E-state index contributed by atoms with van der Waals surface area (Å²) in [6.07, 6.45) is 2.56. The monoisotopic (exact) mass is 469 g/mol. The lowest BCUT2D eigenvalue weighted by Crippen LogP contribution is -2.37. The van der Waals surface area contributed by atoms with Gasteiger partial charge in [-0.1, -0.05) is 24.3 Å². The molecule has 2 aromatic heterocycles. The fraction of sp³-hybridized carbons (Fsp3) is 0.250. The number of benzene rings is 1.